The zero-order valence-electron chi connectivity index (χ0n) is 9.53. The van der Waals surface area contributed by atoms with E-state index in [4.69, 9.17) is 0 Å². The van der Waals surface area contributed by atoms with Gasteiger partial charge < -0.3 is 5.32 Å². The van der Waals surface area contributed by atoms with E-state index >= 15 is 0 Å². The Hall–Kier alpha value is -1.42. The average Bonchev–Trinajstić information content (AvgIpc) is 2.76. The number of aryl methyl sites for hydroxylation is 1. The van der Waals surface area contributed by atoms with Gasteiger partial charge in [0.15, 0.2) is 5.13 Å². The molecule has 0 unspecified atom stereocenters. The lowest BCUT2D eigenvalue weighted by Gasteiger charge is -1.98. The molecule has 0 aliphatic carbocycles. The van der Waals surface area contributed by atoms with Gasteiger partial charge in [0.2, 0.25) is 0 Å². The number of hydrogen-bond donors (Lipinski definition) is 1. The standard InChI is InChI=1S/C12H15N3S/c1-3-6-13-12-15-8-11(16-12)10-5-4-9(2)14-7-10/h4-5,7-8H,3,6H2,1-2H3,(H,13,15). The number of pyridine rings is 1. The summed E-state index contributed by atoms with van der Waals surface area (Å²) in [7, 11) is 0. The molecule has 3 nitrogen and oxygen atoms in total. The lowest BCUT2D eigenvalue weighted by Crippen LogP contribution is -1.97. The summed E-state index contributed by atoms with van der Waals surface area (Å²) in [5, 5.41) is 4.27. The van der Waals surface area contributed by atoms with Gasteiger partial charge in [-0.1, -0.05) is 24.3 Å². The number of aromatic nitrogens is 2. The molecule has 0 saturated heterocycles. The van der Waals surface area contributed by atoms with Crippen molar-refractivity contribution in [3.8, 4) is 10.4 Å². The maximum Gasteiger partial charge on any atom is 0.183 e. The van der Waals surface area contributed by atoms with E-state index in [1.54, 1.807) is 11.3 Å². The quantitative estimate of drug-likeness (QED) is 0.880. The number of hydrogen-bond acceptors (Lipinski definition) is 4. The summed E-state index contributed by atoms with van der Waals surface area (Å²) in [6.07, 6.45) is 4.91. The third-order valence-corrected chi connectivity index (χ3v) is 3.23. The van der Waals surface area contributed by atoms with Gasteiger partial charge in [-0.2, -0.15) is 0 Å². The number of nitrogens with one attached hydrogen (secondary N) is 1. The lowest BCUT2D eigenvalue weighted by molar-refractivity contribution is 0.976. The van der Waals surface area contributed by atoms with Crippen LogP contribution in [0.1, 0.15) is 19.0 Å². The second-order valence-corrected chi connectivity index (χ2v) is 4.68. The second-order valence-electron chi connectivity index (χ2n) is 3.64. The fourth-order valence-electron chi connectivity index (χ4n) is 1.33. The minimum atomic E-state index is 0.971. The Labute approximate surface area is 99.6 Å². The van der Waals surface area contributed by atoms with Crippen LogP contribution in [0.2, 0.25) is 0 Å². The molecule has 0 amide bonds. The zero-order chi connectivity index (χ0) is 11.4. The number of nitrogens with zero attached hydrogens (tertiary/aromatic N) is 2. The van der Waals surface area contributed by atoms with Crippen molar-refractivity contribution in [3.63, 3.8) is 0 Å². The monoisotopic (exact) mass is 233 g/mol. The van der Waals surface area contributed by atoms with Gasteiger partial charge >= 0.3 is 0 Å². The minimum Gasteiger partial charge on any atom is -0.362 e. The van der Waals surface area contributed by atoms with Crippen molar-refractivity contribution < 1.29 is 0 Å². The summed E-state index contributed by atoms with van der Waals surface area (Å²) in [6, 6.07) is 4.10. The second kappa shape index (κ2) is 5.07. The summed E-state index contributed by atoms with van der Waals surface area (Å²) in [5.41, 5.74) is 2.17. The molecule has 84 valence electrons. The highest BCUT2D eigenvalue weighted by atomic mass is 32.1. The first kappa shape index (κ1) is 11.1. The Kier molecular flexibility index (Phi) is 3.51. The number of anilines is 1. The molecule has 2 heterocycles. The van der Waals surface area contributed by atoms with Crippen LogP contribution in [-0.2, 0) is 0 Å². The molecule has 2 aromatic heterocycles. The fraction of sp³-hybridized carbons (Fsp3) is 0.333. The first-order valence-corrected chi connectivity index (χ1v) is 6.24. The third kappa shape index (κ3) is 2.58. The SMILES string of the molecule is CCCNc1ncc(-c2ccc(C)nc2)s1. The predicted molar refractivity (Wildman–Crippen MR) is 68.9 cm³/mol. The Morgan fingerprint density at radius 2 is 2.12 bits per heavy atom. The molecule has 0 fully saturated rings. The average molecular weight is 233 g/mol. The van der Waals surface area contributed by atoms with Crippen LogP contribution in [0.5, 0.6) is 0 Å². The van der Waals surface area contributed by atoms with E-state index in [0.29, 0.717) is 0 Å². The summed E-state index contributed by atoms with van der Waals surface area (Å²) in [5.74, 6) is 0. The van der Waals surface area contributed by atoms with Crippen LogP contribution in [0.4, 0.5) is 5.13 Å². The number of rotatable bonds is 4. The Morgan fingerprint density at radius 1 is 1.25 bits per heavy atom. The van der Waals surface area contributed by atoms with Crippen LogP contribution < -0.4 is 5.32 Å². The lowest BCUT2D eigenvalue weighted by atomic mass is 10.2. The molecule has 0 bridgehead atoms. The van der Waals surface area contributed by atoms with Crippen LogP contribution in [-0.4, -0.2) is 16.5 Å². The normalized spacial score (nSPS) is 10.4. The van der Waals surface area contributed by atoms with Crippen molar-refractivity contribution in [1.29, 1.82) is 0 Å². The molecule has 1 N–H and O–H groups in total. The smallest absolute Gasteiger partial charge is 0.183 e. The van der Waals surface area contributed by atoms with Crippen molar-refractivity contribution in [2.75, 3.05) is 11.9 Å². The van der Waals surface area contributed by atoms with Gasteiger partial charge in [-0.25, -0.2) is 4.98 Å². The van der Waals surface area contributed by atoms with E-state index in [0.717, 1.165) is 34.2 Å². The first-order valence-electron chi connectivity index (χ1n) is 5.42. The van der Waals surface area contributed by atoms with E-state index in [-0.39, 0.29) is 0 Å². The van der Waals surface area contributed by atoms with Gasteiger partial charge in [0.1, 0.15) is 0 Å². The summed E-state index contributed by atoms with van der Waals surface area (Å²) in [4.78, 5) is 9.78. The van der Waals surface area contributed by atoms with E-state index in [1.807, 2.05) is 25.4 Å². The first-order chi connectivity index (χ1) is 7.79. The van der Waals surface area contributed by atoms with Crippen LogP contribution in [0.3, 0.4) is 0 Å². The van der Waals surface area contributed by atoms with Gasteiger partial charge in [0.05, 0.1) is 4.88 Å². The molecule has 0 spiro atoms. The van der Waals surface area contributed by atoms with E-state index in [2.05, 4.69) is 28.3 Å². The maximum absolute atomic E-state index is 4.33. The predicted octanol–water partition coefficient (Wildman–Crippen LogP) is 3.34. The molecule has 0 radical (unpaired) electrons. The van der Waals surface area contributed by atoms with Crippen molar-refractivity contribution in [2.24, 2.45) is 0 Å². The van der Waals surface area contributed by atoms with Gasteiger partial charge in [-0.15, -0.1) is 0 Å². The highest BCUT2D eigenvalue weighted by Crippen LogP contribution is 2.28. The van der Waals surface area contributed by atoms with Gasteiger partial charge in [-0.05, 0) is 19.4 Å². The van der Waals surface area contributed by atoms with E-state index in [9.17, 15) is 0 Å². The highest BCUT2D eigenvalue weighted by Gasteiger charge is 2.03. The maximum atomic E-state index is 4.33. The zero-order valence-corrected chi connectivity index (χ0v) is 10.3. The molecule has 2 rings (SSSR count). The van der Waals surface area contributed by atoms with Crippen molar-refractivity contribution in [3.05, 3.63) is 30.2 Å². The minimum absolute atomic E-state index is 0.971. The van der Waals surface area contributed by atoms with E-state index in [1.165, 1.54) is 0 Å². The van der Waals surface area contributed by atoms with Crippen LogP contribution in [0.25, 0.3) is 10.4 Å². The van der Waals surface area contributed by atoms with Gasteiger partial charge in [-0.3, -0.25) is 4.98 Å². The van der Waals surface area contributed by atoms with Crippen molar-refractivity contribution in [1.82, 2.24) is 9.97 Å². The molecule has 0 atom stereocenters. The van der Waals surface area contributed by atoms with Crippen LogP contribution in [0.15, 0.2) is 24.5 Å². The molecule has 0 aromatic carbocycles. The molecular formula is C12H15N3S. The molecule has 0 aliphatic heterocycles. The van der Waals surface area contributed by atoms with Crippen LogP contribution in [0, 0.1) is 6.92 Å². The molecule has 0 aliphatic rings. The largest absolute Gasteiger partial charge is 0.362 e. The Balaban J connectivity index is 2.15. The topological polar surface area (TPSA) is 37.8 Å². The highest BCUT2D eigenvalue weighted by molar-refractivity contribution is 7.18. The Morgan fingerprint density at radius 3 is 2.81 bits per heavy atom. The van der Waals surface area contributed by atoms with Gasteiger partial charge in [0, 0.05) is 30.2 Å². The molecule has 0 saturated carbocycles. The van der Waals surface area contributed by atoms with Crippen LogP contribution >= 0.6 is 11.3 Å². The number of thiazole rings is 1. The third-order valence-electron chi connectivity index (χ3n) is 2.23. The molecule has 4 heteroatoms. The van der Waals surface area contributed by atoms with Crippen molar-refractivity contribution >= 4 is 16.5 Å². The Bertz CT molecular complexity index is 448. The van der Waals surface area contributed by atoms with Crippen molar-refractivity contribution in [2.45, 2.75) is 20.3 Å². The molecule has 2 aromatic rings. The summed E-state index contributed by atoms with van der Waals surface area (Å²) in [6.45, 7) is 5.11. The van der Waals surface area contributed by atoms with Gasteiger partial charge in [0.25, 0.3) is 0 Å². The molecule has 16 heavy (non-hydrogen) atoms. The summed E-state index contributed by atoms with van der Waals surface area (Å²) < 4.78 is 0. The fourth-order valence-corrected chi connectivity index (χ4v) is 2.17. The van der Waals surface area contributed by atoms with E-state index < -0.39 is 0 Å². The molecular weight excluding hydrogens is 218 g/mol. The summed E-state index contributed by atoms with van der Waals surface area (Å²) >= 11 is 1.67.